The van der Waals surface area contributed by atoms with Crippen molar-refractivity contribution in [1.29, 1.82) is 0 Å². The predicted octanol–water partition coefficient (Wildman–Crippen LogP) is -0.312. The summed E-state index contributed by atoms with van der Waals surface area (Å²) >= 11 is 2.32. The summed E-state index contributed by atoms with van der Waals surface area (Å²) < 4.78 is 4.68. The molecule has 1 saturated heterocycles. The maximum absolute atomic E-state index is 12.9. The van der Waals surface area contributed by atoms with Gasteiger partial charge in [-0.3, -0.25) is 14.5 Å². The summed E-state index contributed by atoms with van der Waals surface area (Å²) in [6.45, 7) is 3.09. The number of nitrogen functional groups attached to an aromatic ring is 1. The lowest BCUT2D eigenvalue weighted by Gasteiger charge is -2.49. The number of nitrogens with two attached hydrogens (primary N) is 2. The van der Waals surface area contributed by atoms with Crippen LogP contribution in [0.5, 0.6) is 0 Å². The molecule has 2 atom stereocenters. The zero-order valence-corrected chi connectivity index (χ0v) is 18.6. The van der Waals surface area contributed by atoms with Crippen molar-refractivity contribution in [1.82, 2.24) is 15.2 Å². The molecule has 0 spiro atoms. The Morgan fingerprint density at radius 2 is 2.16 bits per heavy atom. The average molecular weight is 485 g/mol. The summed E-state index contributed by atoms with van der Waals surface area (Å²) in [4.78, 5) is 58.4. The monoisotopic (exact) mass is 484 g/mol. The third-order valence-electron chi connectivity index (χ3n) is 4.26. The van der Waals surface area contributed by atoms with Crippen molar-refractivity contribution in [2.75, 3.05) is 18.1 Å². The molecule has 0 aliphatic carbocycles. The van der Waals surface area contributed by atoms with Crippen molar-refractivity contribution in [3.05, 3.63) is 22.3 Å². The van der Waals surface area contributed by atoms with Crippen LogP contribution in [0.3, 0.4) is 0 Å². The van der Waals surface area contributed by atoms with Crippen molar-refractivity contribution >= 4 is 57.8 Å². The Labute approximate surface area is 189 Å². The molecule has 32 heavy (non-hydrogen) atoms. The highest BCUT2D eigenvalue weighted by Gasteiger charge is 2.54. The number of aromatic nitrogens is 1. The van der Waals surface area contributed by atoms with E-state index in [4.69, 9.17) is 16.3 Å². The highest BCUT2D eigenvalue weighted by atomic mass is 32.2. The highest BCUT2D eigenvalue weighted by molar-refractivity contribution is 8.00. The number of thioether (sulfide) groups is 1. The number of carbonyl (C=O) groups is 4. The molecule has 6 N–H and O–H groups in total. The first-order valence-electron chi connectivity index (χ1n) is 9.18. The van der Waals surface area contributed by atoms with Crippen LogP contribution in [-0.2, 0) is 24.0 Å². The topological polar surface area (TPSA) is 200 Å². The van der Waals surface area contributed by atoms with Crippen LogP contribution in [0.4, 0.5) is 9.93 Å². The summed E-state index contributed by atoms with van der Waals surface area (Å²) in [5.41, 5.74) is 10.5. The lowest BCUT2D eigenvalue weighted by atomic mass is 10.0. The number of aliphatic carboxylic acids is 1. The first kappa shape index (κ1) is 23.3. The third-order valence-corrected chi connectivity index (χ3v) is 6.27. The van der Waals surface area contributed by atoms with E-state index in [0.29, 0.717) is 0 Å². The molecule has 3 amide bonds. The number of thiazole rings is 1. The number of ether oxygens (including phenoxy) is 1. The van der Waals surface area contributed by atoms with Gasteiger partial charge in [-0.2, -0.15) is 0 Å². The number of nitrogens with zero attached hydrogens (tertiary/aromatic N) is 3. The SMILES string of the molecule is CC(C)O/N=C(\C(=O)NC1C(=O)N2C(C(=O)O)=C(COC(N)=O)CS[C@H]12)c1csc(N)n1. The van der Waals surface area contributed by atoms with Crippen molar-refractivity contribution in [3.8, 4) is 0 Å². The Bertz CT molecular complexity index is 1020. The van der Waals surface area contributed by atoms with Gasteiger partial charge in [0.05, 0.1) is 0 Å². The fourth-order valence-corrected chi connectivity index (χ4v) is 4.80. The summed E-state index contributed by atoms with van der Waals surface area (Å²) in [6.07, 6.45) is -1.37. The van der Waals surface area contributed by atoms with Crippen LogP contribution in [0.1, 0.15) is 19.5 Å². The van der Waals surface area contributed by atoms with Gasteiger partial charge >= 0.3 is 12.1 Å². The van der Waals surface area contributed by atoms with Gasteiger partial charge in [0.25, 0.3) is 11.8 Å². The number of fused-ring (bicyclic) bond motifs is 1. The van der Waals surface area contributed by atoms with Crippen molar-refractivity contribution < 1.29 is 33.9 Å². The minimum Gasteiger partial charge on any atom is -0.477 e. The first-order chi connectivity index (χ1) is 15.1. The maximum Gasteiger partial charge on any atom is 0.404 e. The molecule has 2 aliphatic rings. The Hall–Kier alpha value is -3.33. The van der Waals surface area contributed by atoms with E-state index in [0.717, 1.165) is 16.2 Å². The molecule has 1 aromatic rings. The zero-order valence-electron chi connectivity index (χ0n) is 16.9. The molecule has 13 nitrogen and oxygen atoms in total. The number of hydrogen-bond acceptors (Lipinski definition) is 11. The van der Waals surface area contributed by atoms with Crippen LogP contribution >= 0.6 is 23.1 Å². The summed E-state index contributed by atoms with van der Waals surface area (Å²) in [6, 6.07) is -0.999. The fourth-order valence-electron chi connectivity index (χ4n) is 2.92. The Kier molecular flexibility index (Phi) is 6.88. The van der Waals surface area contributed by atoms with Crippen molar-refractivity contribution in [3.63, 3.8) is 0 Å². The molecular formula is C17H20N6O7S2. The van der Waals surface area contributed by atoms with Gasteiger partial charge < -0.3 is 31.5 Å². The molecule has 15 heteroatoms. The van der Waals surface area contributed by atoms with Crippen LogP contribution in [0, 0.1) is 0 Å². The number of anilines is 1. The molecule has 1 fully saturated rings. The van der Waals surface area contributed by atoms with E-state index in [1.165, 1.54) is 17.1 Å². The molecule has 0 bridgehead atoms. The van der Waals surface area contributed by atoms with E-state index in [1.54, 1.807) is 13.8 Å². The number of amides is 3. The van der Waals surface area contributed by atoms with Gasteiger partial charge in [0, 0.05) is 16.7 Å². The maximum atomic E-state index is 12.9. The van der Waals surface area contributed by atoms with Crippen LogP contribution in [0.15, 0.2) is 21.8 Å². The van der Waals surface area contributed by atoms with Gasteiger partial charge in [0.1, 0.15) is 35.5 Å². The van der Waals surface area contributed by atoms with Gasteiger partial charge in [0.15, 0.2) is 10.8 Å². The number of rotatable bonds is 8. The van der Waals surface area contributed by atoms with Crippen LogP contribution in [0.2, 0.25) is 0 Å². The molecular weight excluding hydrogens is 464 g/mol. The van der Waals surface area contributed by atoms with E-state index in [1.807, 2.05) is 0 Å². The van der Waals surface area contributed by atoms with Gasteiger partial charge in [0.2, 0.25) is 0 Å². The minimum absolute atomic E-state index is 0.162. The molecule has 3 rings (SSSR count). The standard InChI is InChI=1S/C17H20N6O7S2/c1-6(2)30-22-9(8-5-32-16(18)20-8)12(24)21-10-13(25)23-11(15(26)27)7(3-29-17(19)28)4-31-14(10)23/h5-6,10,14H,3-4H2,1-2H3,(H2,18,20)(H2,19,28)(H,21,24)(H,26,27)/b22-9-/t10?,14-/m1/s1. The van der Waals surface area contributed by atoms with E-state index >= 15 is 0 Å². The molecule has 2 aliphatic heterocycles. The molecule has 0 saturated carbocycles. The van der Waals surface area contributed by atoms with E-state index in [2.05, 4.69) is 20.2 Å². The molecule has 1 aromatic heterocycles. The highest BCUT2D eigenvalue weighted by Crippen LogP contribution is 2.40. The number of nitrogens with one attached hydrogen (secondary N) is 1. The minimum atomic E-state index is -1.36. The number of carboxylic acid groups (broad SMARTS) is 1. The van der Waals surface area contributed by atoms with E-state index in [-0.39, 0.29) is 46.3 Å². The number of carbonyl (C=O) groups excluding carboxylic acids is 3. The second-order valence-electron chi connectivity index (χ2n) is 6.89. The molecule has 0 aromatic carbocycles. The lowest BCUT2D eigenvalue weighted by molar-refractivity contribution is -0.150. The molecule has 3 heterocycles. The predicted molar refractivity (Wildman–Crippen MR) is 115 cm³/mol. The summed E-state index contributed by atoms with van der Waals surface area (Å²) in [7, 11) is 0. The van der Waals surface area contributed by atoms with Gasteiger partial charge in [-0.15, -0.1) is 23.1 Å². The molecule has 172 valence electrons. The number of oxime groups is 1. The van der Waals surface area contributed by atoms with Crippen LogP contribution < -0.4 is 16.8 Å². The molecule has 0 radical (unpaired) electrons. The number of primary amides is 1. The van der Waals surface area contributed by atoms with Gasteiger partial charge in [-0.1, -0.05) is 5.16 Å². The first-order valence-corrected chi connectivity index (χ1v) is 11.1. The Balaban J connectivity index is 1.78. The van der Waals surface area contributed by atoms with Crippen LogP contribution in [-0.4, -0.2) is 74.5 Å². The van der Waals surface area contributed by atoms with Crippen LogP contribution in [0.25, 0.3) is 0 Å². The number of hydrogen-bond donors (Lipinski definition) is 4. The summed E-state index contributed by atoms with van der Waals surface area (Å²) in [5.74, 6) is -2.55. The third kappa shape index (κ3) is 4.77. The Morgan fingerprint density at radius 1 is 1.44 bits per heavy atom. The number of β-lactam (4-membered cyclic amide) rings is 1. The average Bonchev–Trinajstić information content (AvgIpc) is 3.15. The van der Waals surface area contributed by atoms with Crippen molar-refractivity contribution in [2.45, 2.75) is 31.4 Å². The lowest BCUT2D eigenvalue weighted by Crippen LogP contribution is -2.71. The molecule has 1 unspecified atom stereocenters. The van der Waals surface area contributed by atoms with Crippen molar-refractivity contribution in [2.24, 2.45) is 10.9 Å². The fraction of sp³-hybridized carbons (Fsp3) is 0.412. The smallest absolute Gasteiger partial charge is 0.404 e. The van der Waals surface area contributed by atoms with E-state index < -0.39 is 35.3 Å². The van der Waals surface area contributed by atoms with Gasteiger partial charge in [-0.25, -0.2) is 14.6 Å². The Morgan fingerprint density at radius 3 is 2.72 bits per heavy atom. The van der Waals surface area contributed by atoms with Gasteiger partial charge in [-0.05, 0) is 13.8 Å². The van der Waals surface area contributed by atoms with E-state index in [9.17, 15) is 24.3 Å². The summed E-state index contributed by atoms with van der Waals surface area (Å²) in [5, 5.41) is 17.1. The normalized spacial score (nSPS) is 20.5. The second-order valence-corrected chi connectivity index (χ2v) is 8.89. The number of carboxylic acids is 1. The largest absolute Gasteiger partial charge is 0.477 e. The zero-order chi connectivity index (χ0) is 23.6. The second kappa shape index (κ2) is 9.44. The quantitative estimate of drug-likeness (QED) is 0.215.